The van der Waals surface area contributed by atoms with E-state index in [9.17, 15) is 0 Å². The fourth-order valence-corrected chi connectivity index (χ4v) is 6.46. The van der Waals surface area contributed by atoms with Gasteiger partial charge in [0, 0.05) is 22.5 Å². The molecule has 0 amide bonds. The molecule has 8 aromatic rings. The van der Waals surface area contributed by atoms with E-state index in [1.165, 1.54) is 5.56 Å². The fourth-order valence-electron chi connectivity index (χ4n) is 6.46. The van der Waals surface area contributed by atoms with Gasteiger partial charge in [0.2, 0.25) is 0 Å². The number of benzene rings is 7. The summed E-state index contributed by atoms with van der Waals surface area (Å²) in [5.74, 6) is 1.51. The van der Waals surface area contributed by atoms with Crippen molar-refractivity contribution in [2.45, 2.75) is 6.92 Å². The number of aliphatic imine (C=N–C) groups is 2. The minimum atomic E-state index is 0.603. The van der Waals surface area contributed by atoms with Crippen LogP contribution in [0.5, 0.6) is 0 Å². The zero-order chi connectivity index (χ0) is 35.3. The van der Waals surface area contributed by atoms with Crippen LogP contribution in [-0.4, -0.2) is 21.1 Å². The number of para-hydroxylation sites is 3. The van der Waals surface area contributed by atoms with Crippen molar-refractivity contribution in [2.24, 2.45) is 9.98 Å². The molecule has 0 N–H and O–H groups in total. The predicted molar refractivity (Wildman–Crippen MR) is 218 cm³/mol. The van der Waals surface area contributed by atoms with Crippen LogP contribution >= 0.6 is 0 Å². The van der Waals surface area contributed by atoms with Gasteiger partial charge in [0.25, 0.3) is 0 Å². The van der Waals surface area contributed by atoms with Crippen molar-refractivity contribution in [1.29, 1.82) is 0 Å². The van der Waals surface area contributed by atoms with Crippen LogP contribution < -0.4 is 0 Å². The first-order chi connectivity index (χ1) is 25.6. The van der Waals surface area contributed by atoms with Crippen molar-refractivity contribution < 1.29 is 0 Å². The van der Waals surface area contributed by atoms with Crippen molar-refractivity contribution >= 4 is 28.3 Å². The van der Waals surface area contributed by atoms with Gasteiger partial charge in [0.1, 0.15) is 5.82 Å². The minimum absolute atomic E-state index is 0.603. The van der Waals surface area contributed by atoms with E-state index in [1.54, 1.807) is 0 Å². The average Bonchev–Trinajstić information content (AvgIpc) is 3.61. The quantitative estimate of drug-likeness (QED) is 0.117. The molecule has 0 spiro atoms. The Morgan fingerprint density at radius 2 is 1.00 bits per heavy atom. The van der Waals surface area contributed by atoms with E-state index >= 15 is 0 Å². The minimum Gasteiger partial charge on any atom is -0.292 e. The number of nitrogens with zero attached hydrogens (tertiary/aromatic N) is 4. The lowest BCUT2D eigenvalue weighted by Crippen LogP contribution is -2.05. The molecule has 0 radical (unpaired) electrons. The Morgan fingerprint density at radius 3 is 1.71 bits per heavy atom. The van der Waals surface area contributed by atoms with Crippen LogP contribution in [0.3, 0.4) is 0 Å². The summed E-state index contributed by atoms with van der Waals surface area (Å²) in [6.45, 7) is 6.36. The molecule has 7 aromatic carbocycles. The van der Waals surface area contributed by atoms with Gasteiger partial charge in [-0.25, -0.2) is 15.0 Å². The van der Waals surface area contributed by atoms with Crippen molar-refractivity contribution in [3.63, 3.8) is 0 Å². The van der Waals surface area contributed by atoms with Gasteiger partial charge < -0.3 is 0 Å². The third-order valence-corrected chi connectivity index (χ3v) is 9.18. The molecule has 1 aromatic heterocycles. The summed E-state index contributed by atoms with van der Waals surface area (Å²) in [5, 5.41) is 0. The van der Waals surface area contributed by atoms with Crippen LogP contribution in [0.15, 0.2) is 205 Å². The zero-order valence-electron chi connectivity index (χ0n) is 28.9. The SMILES string of the molecule is C=C(N=C(N=C(C)c1cccc(-c2ccccc2)c1)c1cccc(-c2ccc(-c3nc4ccccc4n3-c3ccccc3)cc2)c1)c1ccccc1. The second kappa shape index (κ2) is 14.5. The third-order valence-electron chi connectivity index (χ3n) is 9.18. The van der Waals surface area contributed by atoms with Crippen LogP contribution in [0.25, 0.3) is 56.1 Å². The Morgan fingerprint density at radius 1 is 0.481 bits per heavy atom. The van der Waals surface area contributed by atoms with E-state index in [0.29, 0.717) is 11.5 Å². The van der Waals surface area contributed by atoms with Gasteiger partial charge in [-0.2, -0.15) is 0 Å². The maximum absolute atomic E-state index is 5.16. The lowest BCUT2D eigenvalue weighted by atomic mass is 10.0. The molecule has 0 unspecified atom stereocenters. The van der Waals surface area contributed by atoms with E-state index in [-0.39, 0.29) is 0 Å². The van der Waals surface area contributed by atoms with Crippen LogP contribution in [0, 0.1) is 0 Å². The summed E-state index contributed by atoms with van der Waals surface area (Å²) in [6.07, 6.45) is 0. The number of hydrogen-bond donors (Lipinski definition) is 0. The van der Waals surface area contributed by atoms with E-state index in [4.69, 9.17) is 15.0 Å². The first-order valence-electron chi connectivity index (χ1n) is 17.4. The van der Waals surface area contributed by atoms with E-state index in [2.05, 4.69) is 151 Å². The molecule has 0 fully saturated rings. The van der Waals surface area contributed by atoms with Crippen LogP contribution in [0.4, 0.5) is 0 Å². The van der Waals surface area contributed by atoms with Crippen LogP contribution in [0.2, 0.25) is 0 Å². The molecule has 0 saturated heterocycles. The van der Waals surface area contributed by atoms with Crippen molar-refractivity contribution in [1.82, 2.24) is 9.55 Å². The molecule has 8 rings (SSSR count). The van der Waals surface area contributed by atoms with Gasteiger partial charge in [-0.15, -0.1) is 0 Å². The maximum atomic E-state index is 5.16. The van der Waals surface area contributed by atoms with Crippen molar-refractivity contribution in [2.75, 3.05) is 0 Å². The third kappa shape index (κ3) is 6.78. The molecule has 0 aliphatic heterocycles. The van der Waals surface area contributed by atoms with Crippen LogP contribution in [-0.2, 0) is 0 Å². The van der Waals surface area contributed by atoms with Gasteiger partial charge in [0.05, 0.1) is 16.7 Å². The standard InChI is InChI=1S/C48H36N4/c1-34(36-16-6-3-7-17-36)49-47(50-35(2)40-20-14-21-41(32-40)37-18-8-4-9-19-37)43-23-15-22-42(33-43)38-28-30-39(31-29-38)48-51-45-26-12-13-27-46(45)52(48)44-24-10-5-11-25-44/h3-33H,1H2,2H3. The number of aromatic nitrogens is 2. The summed E-state index contributed by atoms with van der Waals surface area (Å²) in [6, 6.07) is 64.6. The Balaban J connectivity index is 1.16. The molecule has 0 aliphatic rings. The largest absolute Gasteiger partial charge is 0.292 e. The summed E-state index contributed by atoms with van der Waals surface area (Å²) < 4.78 is 2.23. The molecule has 0 bridgehead atoms. The Bertz CT molecular complexity index is 2560. The second-order valence-electron chi connectivity index (χ2n) is 12.6. The monoisotopic (exact) mass is 668 g/mol. The molecule has 52 heavy (non-hydrogen) atoms. The highest BCUT2D eigenvalue weighted by Crippen LogP contribution is 2.31. The molecular weight excluding hydrogens is 633 g/mol. The molecule has 0 atom stereocenters. The summed E-state index contributed by atoms with van der Waals surface area (Å²) >= 11 is 0. The summed E-state index contributed by atoms with van der Waals surface area (Å²) in [4.78, 5) is 15.2. The summed E-state index contributed by atoms with van der Waals surface area (Å²) in [5.41, 5.74) is 13.0. The smallest absolute Gasteiger partial charge is 0.160 e. The topological polar surface area (TPSA) is 42.5 Å². The molecule has 0 saturated carbocycles. The predicted octanol–water partition coefficient (Wildman–Crippen LogP) is 12.0. The average molecular weight is 669 g/mol. The summed E-state index contributed by atoms with van der Waals surface area (Å²) in [7, 11) is 0. The highest BCUT2D eigenvalue weighted by atomic mass is 15.1. The number of imidazole rings is 1. The Kier molecular flexibility index (Phi) is 9.02. The lowest BCUT2D eigenvalue weighted by Gasteiger charge is -2.11. The second-order valence-corrected chi connectivity index (χ2v) is 12.6. The molecule has 248 valence electrons. The highest BCUT2D eigenvalue weighted by Gasteiger charge is 2.15. The molecule has 1 heterocycles. The van der Waals surface area contributed by atoms with Gasteiger partial charge >= 0.3 is 0 Å². The number of rotatable bonds is 8. The maximum Gasteiger partial charge on any atom is 0.160 e. The zero-order valence-corrected chi connectivity index (χ0v) is 28.9. The molecule has 4 heteroatoms. The first-order valence-corrected chi connectivity index (χ1v) is 17.4. The van der Waals surface area contributed by atoms with Crippen molar-refractivity contribution in [3.05, 3.63) is 211 Å². The number of fused-ring (bicyclic) bond motifs is 1. The number of amidine groups is 1. The van der Waals surface area contributed by atoms with Gasteiger partial charge in [0.15, 0.2) is 5.84 Å². The Labute approximate surface area is 304 Å². The lowest BCUT2D eigenvalue weighted by molar-refractivity contribution is 1.10. The van der Waals surface area contributed by atoms with Gasteiger partial charge in [-0.3, -0.25) is 4.57 Å². The fraction of sp³-hybridized carbons (Fsp3) is 0.0208. The van der Waals surface area contributed by atoms with Crippen LogP contribution in [0.1, 0.15) is 23.6 Å². The van der Waals surface area contributed by atoms with Gasteiger partial charge in [-0.05, 0) is 76.7 Å². The molecule has 4 nitrogen and oxygen atoms in total. The van der Waals surface area contributed by atoms with E-state index in [1.807, 2.05) is 55.5 Å². The van der Waals surface area contributed by atoms with E-state index < -0.39 is 0 Å². The van der Waals surface area contributed by atoms with Crippen molar-refractivity contribution in [3.8, 4) is 39.3 Å². The molecule has 0 aliphatic carbocycles. The Hall–Kier alpha value is -6.91. The number of hydrogen-bond acceptors (Lipinski definition) is 2. The molecular formula is C48H36N4. The first kappa shape index (κ1) is 32.3. The normalized spacial score (nSPS) is 11.9. The highest BCUT2D eigenvalue weighted by molar-refractivity contribution is 6.13. The van der Waals surface area contributed by atoms with Gasteiger partial charge in [-0.1, -0.05) is 158 Å². The van der Waals surface area contributed by atoms with E-state index in [0.717, 1.165) is 67.2 Å².